The largest absolute Gasteiger partial charge is 0.369 e. The van der Waals surface area contributed by atoms with Crippen molar-refractivity contribution in [1.29, 1.82) is 0 Å². The normalized spacial score (nSPS) is 70.2. The van der Waals surface area contributed by atoms with Crippen LogP contribution in [0.4, 0.5) is 0 Å². The molecule has 3 heteroatoms. The van der Waals surface area contributed by atoms with E-state index in [-0.39, 0.29) is 10.8 Å². The van der Waals surface area contributed by atoms with Crippen molar-refractivity contribution in [2.45, 2.75) is 29.4 Å². The molecule has 0 aromatic heterocycles. The molecule has 6 atom stereocenters. The van der Waals surface area contributed by atoms with Gasteiger partial charge in [0.05, 0.1) is 23.0 Å². The Bertz CT molecular complexity index is 166. The fourth-order valence-electron chi connectivity index (χ4n) is 2.50. The van der Waals surface area contributed by atoms with Crippen LogP contribution in [0.5, 0.6) is 0 Å². The Balaban J connectivity index is 1.96. The number of hydrogen-bond donors (Lipinski definition) is 0. The van der Waals surface area contributed by atoms with E-state index in [0.717, 1.165) is 0 Å². The monoisotopic (exact) mass is 178 g/mol. The number of halogens is 2. The van der Waals surface area contributed by atoms with Crippen molar-refractivity contribution in [3.05, 3.63) is 0 Å². The van der Waals surface area contributed by atoms with Crippen molar-refractivity contribution in [2.24, 2.45) is 11.8 Å². The minimum atomic E-state index is 0.176. The van der Waals surface area contributed by atoms with E-state index >= 15 is 0 Å². The number of epoxide rings is 1. The van der Waals surface area contributed by atoms with Gasteiger partial charge in [-0.3, -0.25) is 0 Å². The van der Waals surface area contributed by atoms with Crippen LogP contribution in [0, 0.1) is 11.8 Å². The van der Waals surface area contributed by atoms with Crippen molar-refractivity contribution in [3.63, 3.8) is 0 Å². The molecular weight excluding hydrogens is 171 g/mol. The van der Waals surface area contributed by atoms with Gasteiger partial charge in [0.15, 0.2) is 0 Å². The number of alkyl halides is 2. The lowest BCUT2D eigenvalue weighted by molar-refractivity contribution is 0.265. The van der Waals surface area contributed by atoms with Crippen LogP contribution in [-0.4, -0.2) is 23.0 Å². The zero-order valence-electron chi connectivity index (χ0n) is 5.34. The summed E-state index contributed by atoms with van der Waals surface area (Å²) in [6, 6.07) is 0. The second-order valence-electron chi connectivity index (χ2n) is 3.52. The first kappa shape index (κ1) is 6.10. The first-order valence-corrected chi connectivity index (χ1v) is 4.60. The van der Waals surface area contributed by atoms with Gasteiger partial charge in [-0.25, -0.2) is 0 Å². The summed E-state index contributed by atoms with van der Waals surface area (Å²) in [6.07, 6.45) is 2.18. The van der Waals surface area contributed by atoms with Gasteiger partial charge in [-0.15, -0.1) is 23.2 Å². The van der Waals surface area contributed by atoms with Gasteiger partial charge >= 0.3 is 0 Å². The third-order valence-electron chi connectivity index (χ3n) is 3.07. The fourth-order valence-corrected chi connectivity index (χ4v) is 3.37. The quantitative estimate of drug-likeness (QED) is 0.406. The van der Waals surface area contributed by atoms with Crippen LogP contribution >= 0.6 is 23.2 Å². The van der Waals surface area contributed by atoms with Crippen LogP contribution in [0.3, 0.4) is 0 Å². The Labute approximate surface area is 69.6 Å². The van der Waals surface area contributed by atoms with Crippen molar-refractivity contribution in [3.8, 4) is 0 Å². The molecule has 56 valence electrons. The van der Waals surface area contributed by atoms with Gasteiger partial charge in [-0.1, -0.05) is 0 Å². The van der Waals surface area contributed by atoms with Gasteiger partial charge in [0.1, 0.15) is 0 Å². The number of rotatable bonds is 0. The fraction of sp³-hybridized carbons (Fsp3) is 1.00. The summed E-state index contributed by atoms with van der Waals surface area (Å²) in [6.45, 7) is 0. The Hall–Kier alpha value is 0.540. The molecule has 1 nitrogen and oxygen atoms in total. The summed E-state index contributed by atoms with van der Waals surface area (Å²) in [5.41, 5.74) is 0. The lowest BCUT2D eigenvalue weighted by Crippen LogP contribution is -2.28. The highest BCUT2D eigenvalue weighted by Crippen LogP contribution is 2.59. The van der Waals surface area contributed by atoms with E-state index in [1.165, 1.54) is 6.42 Å². The van der Waals surface area contributed by atoms with Gasteiger partial charge in [0.2, 0.25) is 0 Å². The van der Waals surface area contributed by atoms with Crippen molar-refractivity contribution >= 4 is 23.2 Å². The molecule has 0 aromatic carbocycles. The highest BCUT2D eigenvalue weighted by atomic mass is 35.5. The SMILES string of the molecule is ClC1C(Cl)C2CC1C1OC21. The maximum Gasteiger partial charge on any atom is 0.0888 e. The molecule has 1 heterocycles. The summed E-state index contributed by atoms with van der Waals surface area (Å²) < 4.78 is 5.41. The molecule has 3 rings (SSSR count). The molecule has 0 N–H and O–H groups in total. The Morgan fingerprint density at radius 3 is 1.90 bits per heavy atom. The number of hydrogen-bond acceptors (Lipinski definition) is 1. The minimum Gasteiger partial charge on any atom is -0.369 e. The summed E-state index contributed by atoms with van der Waals surface area (Å²) in [5.74, 6) is 1.14. The van der Waals surface area contributed by atoms with Gasteiger partial charge in [0, 0.05) is 11.8 Å². The summed E-state index contributed by atoms with van der Waals surface area (Å²) in [4.78, 5) is 0. The van der Waals surface area contributed by atoms with Gasteiger partial charge < -0.3 is 4.74 Å². The molecule has 1 aliphatic heterocycles. The van der Waals surface area contributed by atoms with Crippen molar-refractivity contribution in [1.82, 2.24) is 0 Å². The predicted octanol–water partition coefficient (Wildman–Crippen LogP) is 1.62. The highest BCUT2D eigenvalue weighted by molar-refractivity contribution is 6.31. The molecule has 10 heavy (non-hydrogen) atoms. The van der Waals surface area contributed by atoms with Crippen LogP contribution in [0.15, 0.2) is 0 Å². The second kappa shape index (κ2) is 1.65. The average Bonchev–Trinajstić information content (AvgIpc) is 2.57. The minimum absolute atomic E-state index is 0.176. The second-order valence-corrected chi connectivity index (χ2v) is 4.53. The Kier molecular flexibility index (Phi) is 1.01. The molecule has 6 unspecified atom stereocenters. The third-order valence-corrected chi connectivity index (χ3v) is 4.39. The van der Waals surface area contributed by atoms with Crippen LogP contribution in [0.2, 0.25) is 0 Å². The zero-order valence-corrected chi connectivity index (χ0v) is 6.85. The van der Waals surface area contributed by atoms with E-state index in [1.54, 1.807) is 0 Å². The Morgan fingerprint density at radius 2 is 1.50 bits per heavy atom. The van der Waals surface area contributed by atoms with E-state index in [1.807, 2.05) is 0 Å². The van der Waals surface area contributed by atoms with Crippen molar-refractivity contribution in [2.75, 3.05) is 0 Å². The van der Waals surface area contributed by atoms with E-state index in [2.05, 4.69) is 0 Å². The molecule has 0 spiro atoms. The molecule has 1 saturated heterocycles. The third kappa shape index (κ3) is 0.521. The maximum absolute atomic E-state index is 6.07. The molecule has 3 aliphatic rings. The summed E-state index contributed by atoms with van der Waals surface area (Å²) in [7, 11) is 0. The Morgan fingerprint density at radius 1 is 1.00 bits per heavy atom. The molecule has 3 fully saturated rings. The average molecular weight is 179 g/mol. The van der Waals surface area contributed by atoms with E-state index < -0.39 is 0 Å². The van der Waals surface area contributed by atoms with E-state index in [0.29, 0.717) is 24.0 Å². The molecule has 0 radical (unpaired) electrons. The zero-order chi connectivity index (χ0) is 6.88. The summed E-state index contributed by atoms with van der Waals surface area (Å²) >= 11 is 12.1. The van der Waals surface area contributed by atoms with Crippen LogP contribution in [0.25, 0.3) is 0 Å². The first-order chi connectivity index (χ1) is 4.79. The first-order valence-electron chi connectivity index (χ1n) is 3.72. The maximum atomic E-state index is 6.07. The van der Waals surface area contributed by atoms with Crippen LogP contribution in [0.1, 0.15) is 6.42 Å². The van der Waals surface area contributed by atoms with E-state index in [9.17, 15) is 0 Å². The number of ether oxygens (including phenoxy) is 1. The van der Waals surface area contributed by atoms with Gasteiger partial charge in [-0.05, 0) is 6.42 Å². The smallest absolute Gasteiger partial charge is 0.0888 e. The molecule has 0 aromatic rings. The predicted molar refractivity (Wildman–Crippen MR) is 39.5 cm³/mol. The molecular formula is C7H8Cl2O. The van der Waals surface area contributed by atoms with Gasteiger partial charge in [0.25, 0.3) is 0 Å². The highest BCUT2D eigenvalue weighted by Gasteiger charge is 2.66. The van der Waals surface area contributed by atoms with Gasteiger partial charge in [-0.2, -0.15) is 0 Å². The van der Waals surface area contributed by atoms with E-state index in [4.69, 9.17) is 27.9 Å². The lowest BCUT2D eigenvalue weighted by atomic mass is 10.00. The molecule has 2 bridgehead atoms. The lowest BCUT2D eigenvalue weighted by Gasteiger charge is -2.16. The summed E-state index contributed by atoms with van der Waals surface area (Å²) in [5, 5.41) is 0.353. The molecule has 2 saturated carbocycles. The standard InChI is InChI=1S/C7H8Cl2O/c8-4-2-1-3(5(4)9)7-6(2)10-7/h2-7H,1H2. The topological polar surface area (TPSA) is 12.5 Å². The molecule has 2 aliphatic carbocycles. The van der Waals surface area contributed by atoms with Crippen molar-refractivity contribution < 1.29 is 4.74 Å². The molecule has 0 amide bonds. The van der Waals surface area contributed by atoms with Crippen LogP contribution < -0.4 is 0 Å². The number of fused-ring (bicyclic) bond motifs is 5. The van der Waals surface area contributed by atoms with Crippen LogP contribution in [-0.2, 0) is 4.74 Å².